The zero-order valence-corrected chi connectivity index (χ0v) is 21.7. The van der Waals surface area contributed by atoms with Crippen LogP contribution in [0, 0.1) is 5.92 Å². The van der Waals surface area contributed by atoms with Gasteiger partial charge < -0.3 is 14.5 Å². The van der Waals surface area contributed by atoms with Crippen molar-refractivity contribution in [2.75, 3.05) is 26.2 Å². The second-order valence-electron chi connectivity index (χ2n) is 11.7. The number of pyridine rings is 1. The van der Waals surface area contributed by atoms with E-state index in [9.17, 15) is 14.4 Å². The van der Waals surface area contributed by atoms with Crippen molar-refractivity contribution in [3.8, 4) is 0 Å². The van der Waals surface area contributed by atoms with Crippen molar-refractivity contribution in [2.24, 2.45) is 5.92 Å². The SMILES string of the molecule is CC(C)CC(=O)N1CCC(c2ccc(C3(C(=O)N4CC[C@@]5(C4)OC(=O)c4cnccc45)CC3)cc2)CC1. The Bertz CT molecular complexity index is 1230. The average Bonchev–Trinajstić information content (AvgIpc) is 3.54. The molecule has 1 spiro atoms. The minimum absolute atomic E-state index is 0.146. The predicted molar refractivity (Wildman–Crippen MR) is 138 cm³/mol. The van der Waals surface area contributed by atoms with Crippen LogP contribution < -0.4 is 0 Å². The minimum atomic E-state index is -0.740. The highest BCUT2D eigenvalue weighted by molar-refractivity contribution is 5.95. The number of nitrogens with zero attached hydrogens (tertiary/aromatic N) is 3. The van der Waals surface area contributed by atoms with Gasteiger partial charge in [0, 0.05) is 50.4 Å². The Morgan fingerprint density at radius 3 is 2.43 bits per heavy atom. The lowest BCUT2D eigenvalue weighted by Crippen LogP contribution is -2.40. The molecule has 1 saturated carbocycles. The molecule has 0 N–H and O–H groups in total. The third kappa shape index (κ3) is 4.12. The number of carbonyl (C=O) groups is 3. The van der Waals surface area contributed by atoms with Crippen molar-refractivity contribution in [3.63, 3.8) is 0 Å². The lowest BCUT2D eigenvalue weighted by Gasteiger charge is -2.33. The van der Waals surface area contributed by atoms with Crippen molar-refractivity contribution < 1.29 is 19.1 Å². The summed E-state index contributed by atoms with van der Waals surface area (Å²) in [5, 5.41) is 0. The molecular formula is C30H35N3O4. The molecule has 0 bridgehead atoms. The zero-order chi connectivity index (χ0) is 25.8. The normalized spacial score (nSPS) is 24.5. The largest absolute Gasteiger partial charge is 0.449 e. The van der Waals surface area contributed by atoms with Gasteiger partial charge in [-0.3, -0.25) is 14.6 Å². The van der Waals surface area contributed by atoms with Gasteiger partial charge in [-0.25, -0.2) is 4.79 Å². The highest BCUT2D eigenvalue weighted by atomic mass is 16.6. The van der Waals surface area contributed by atoms with Gasteiger partial charge in [0.15, 0.2) is 5.60 Å². The molecule has 4 heterocycles. The third-order valence-electron chi connectivity index (χ3n) is 8.86. The van der Waals surface area contributed by atoms with Crippen LogP contribution in [0.2, 0.25) is 0 Å². The summed E-state index contributed by atoms with van der Waals surface area (Å²) < 4.78 is 5.83. The fraction of sp³-hybridized carbons (Fsp3) is 0.533. The second-order valence-corrected chi connectivity index (χ2v) is 11.7. The summed E-state index contributed by atoms with van der Waals surface area (Å²) in [4.78, 5) is 46.6. The van der Waals surface area contributed by atoms with E-state index in [4.69, 9.17) is 4.74 Å². The van der Waals surface area contributed by atoms with Gasteiger partial charge in [0.2, 0.25) is 11.8 Å². The van der Waals surface area contributed by atoms with Crippen LogP contribution in [0.25, 0.3) is 0 Å². The number of aromatic nitrogens is 1. The Labute approximate surface area is 218 Å². The Hall–Kier alpha value is -3.22. The lowest BCUT2D eigenvalue weighted by molar-refractivity contribution is -0.134. The Morgan fingerprint density at radius 2 is 1.76 bits per heavy atom. The van der Waals surface area contributed by atoms with Crippen molar-refractivity contribution in [1.29, 1.82) is 0 Å². The van der Waals surface area contributed by atoms with Gasteiger partial charge in [-0.2, -0.15) is 0 Å². The number of hydrogen-bond acceptors (Lipinski definition) is 5. The molecular weight excluding hydrogens is 466 g/mol. The van der Waals surface area contributed by atoms with E-state index in [-0.39, 0.29) is 17.8 Å². The molecule has 2 aromatic rings. The molecule has 37 heavy (non-hydrogen) atoms. The number of likely N-dealkylation sites (tertiary alicyclic amines) is 2. The van der Waals surface area contributed by atoms with Crippen LogP contribution in [0.4, 0.5) is 0 Å². The third-order valence-corrected chi connectivity index (χ3v) is 8.86. The monoisotopic (exact) mass is 501 g/mol. The van der Waals surface area contributed by atoms with Gasteiger partial charge >= 0.3 is 5.97 Å². The number of piperidine rings is 1. The number of fused-ring (bicyclic) bond motifs is 2. The number of ether oxygens (including phenoxy) is 1. The molecule has 2 amide bonds. The maximum Gasteiger partial charge on any atom is 0.341 e. The minimum Gasteiger partial charge on any atom is -0.449 e. The second kappa shape index (κ2) is 8.96. The van der Waals surface area contributed by atoms with E-state index in [1.165, 1.54) is 5.56 Å². The molecule has 0 radical (unpaired) electrons. The molecule has 2 saturated heterocycles. The standard InChI is InChI=1S/C30H35N3O4/c1-20(2)17-26(34)32-14-8-22(9-15-32)21-3-5-23(6-4-21)29(10-11-29)28(36)33-16-12-30(19-33)25-7-13-31-18-24(25)27(35)37-30/h3-7,13,18,20,22H,8-12,14-17,19H2,1-2H3/t30-/m0/s1. The van der Waals surface area contributed by atoms with E-state index in [1.54, 1.807) is 12.4 Å². The molecule has 1 aromatic heterocycles. The number of esters is 1. The van der Waals surface area contributed by atoms with Crippen LogP contribution in [0.1, 0.15) is 85.3 Å². The number of carbonyl (C=O) groups excluding carboxylic acids is 3. The molecule has 6 rings (SSSR count). The maximum absolute atomic E-state index is 13.8. The first kappa shape index (κ1) is 24.1. The summed E-state index contributed by atoms with van der Waals surface area (Å²) in [5.41, 5.74) is 2.56. The lowest BCUT2D eigenvalue weighted by atomic mass is 9.86. The predicted octanol–water partition coefficient (Wildman–Crippen LogP) is 4.16. The molecule has 7 heteroatoms. The molecule has 1 aliphatic carbocycles. The fourth-order valence-corrected chi connectivity index (χ4v) is 6.57. The first-order valence-corrected chi connectivity index (χ1v) is 13.7. The molecule has 3 fully saturated rings. The van der Waals surface area contributed by atoms with Crippen molar-refractivity contribution >= 4 is 17.8 Å². The van der Waals surface area contributed by atoms with E-state index >= 15 is 0 Å². The first-order chi connectivity index (χ1) is 17.8. The van der Waals surface area contributed by atoms with Gasteiger partial charge in [-0.05, 0) is 54.7 Å². The Balaban J connectivity index is 1.11. The van der Waals surface area contributed by atoms with Gasteiger partial charge in [-0.15, -0.1) is 0 Å². The quantitative estimate of drug-likeness (QED) is 0.575. The van der Waals surface area contributed by atoms with E-state index in [1.807, 2.05) is 15.9 Å². The average molecular weight is 502 g/mol. The smallest absolute Gasteiger partial charge is 0.341 e. The van der Waals surface area contributed by atoms with Crippen LogP contribution in [-0.4, -0.2) is 58.7 Å². The van der Waals surface area contributed by atoms with Gasteiger partial charge in [0.05, 0.1) is 17.5 Å². The molecule has 1 atom stereocenters. The Morgan fingerprint density at radius 1 is 1.03 bits per heavy atom. The van der Waals surface area contributed by atoms with Crippen LogP contribution in [0.3, 0.4) is 0 Å². The molecule has 7 nitrogen and oxygen atoms in total. The number of benzene rings is 1. The molecule has 3 aliphatic heterocycles. The zero-order valence-electron chi connectivity index (χ0n) is 21.7. The maximum atomic E-state index is 13.8. The number of rotatable bonds is 5. The molecule has 194 valence electrons. The van der Waals surface area contributed by atoms with E-state index in [0.717, 1.165) is 49.9 Å². The van der Waals surface area contributed by atoms with E-state index < -0.39 is 11.0 Å². The van der Waals surface area contributed by atoms with Gasteiger partial charge in [0.25, 0.3) is 0 Å². The summed E-state index contributed by atoms with van der Waals surface area (Å²) in [7, 11) is 0. The summed E-state index contributed by atoms with van der Waals surface area (Å²) in [6.07, 6.45) is 8.17. The van der Waals surface area contributed by atoms with Crippen molar-refractivity contribution in [3.05, 3.63) is 65.0 Å². The highest BCUT2D eigenvalue weighted by Crippen LogP contribution is 2.52. The number of amides is 2. The molecule has 4 aliphatic rings. The van der Waals surface area contributed by atoms with Crippen LogP contribution >= 0.6 is 0 Å². The van der Waals surface area contributed by atoms with Gasteiger partial charge in [-0.1, -0.05) is 38.1 Å². The van der Waals surface area contributed by atoms with Crippen LogP contribution in [0.15, 0.2) is 42.7 Å². The Kier molecular flexibility index (Phi) is 5.85. The van der Waals surface area contributed by atoms with Gasteiger partial charge in [0.1, 0.15) is 0 Å². The fourth-order valence-electron chi connectivity index (χ4n) is 6.57. The highest BCUT2D eigenvalue weighted by Gasteiger charge is 2.57. The van der Waals surface area contributed by atoms with E-state index in [0.29, 0.717) is 43.3 Å². The summed E-state index contributed by atoms with van der Waals surface area (Å²) in [5.74, 6) is 0.918. The number of hydrogen-bond donors (Lipinski definition) is 0. The molecule has 1 aromatic carbocycles. The van der Waals surface area contributed by atoms with E-state index in [2.05, 4.69) is 43.1 Å². The summed E-state index contributed by atoms with van der Waals surface area (Å²) in [6.45, 7) is 6.81. The first-order valence-electron chi connectivity index (χ1n) is 13.7. The summed E-state index contributed by atoms with van der Waals surface area (Å²) in [6, 6.07) is 10.5. The molecule has 0 unspecified atom stereocenters. The van der Waals surface area contributed by atoms with Crippen LogP contribution in [-0.2, 0) is 25.3 Å². The topological polar surface area (TPSA) is 79.8 Å². The summed E-state index contributed by atoms with van der Waals surface area (Å²) >= 11 is 0. The van der Waals surface area contributed by atoms with Crippen molar-refractivity contribution in [1.82, 2.24) is 14.8 Å². The van der Waals surface area contributed by atoms with Crippen LogP contribution in [0.5, 0.6) is 0 Å². The van der Waals surface area contributed by atoms with Crippen molar-refractivity contribution in [2.45, 2.75) is 69.3 Å².